The number of pyridine rings is 1. The fourth-order valence-electron chi connectivity index (χ4n) is 1.48. The third kappa shape index (κ3) is 2.73. The number of rotatable bonds is 3. The number of hydrogen-bond donors (Lipinski definition) is 0. The molecule has 86 valence electrons. The lowest BCUT2D eigenvalue weighted by molar-refractivity contribution is 0.0991. The predicted octanol–water partition coefficient (Wildman–Crippen LogP) is 4.05. The summed E-state index contributed by atoms with van der Waals surface area (Å²) >= 11 is 9.38. The second-order valence-corrected chi connectivity index (χ2v) is 4.81. The van der Waals surface area contributed by atoms with Crippen LogP contribution in [0, 0.1) is 0 Å². The van der Waals surface area contributed by atoms with Gasteiger partial charge in [0.05, 0.1) is 5.02 Å². The molecule has 0 aliphatic carbocycles. The Balaban J connectivity index is 2.30. The van der Waals surface area contributed by atoms with Crippen molar-refractivity contribution in [2.45, 2.75) is 4.83 Å². The molecule has 1 heterocycles. The maximum absolute atomic E-state index is 12.2. The van der Waals surface area contributed by atoms with Gasteiger partial charge in [0.1, 0.15) is 4.83 Å². The molecule has 1 unspecified atom stereocenters. The SMILES string of the molecule is O=C(c1ccccc1Cl)C(Br)c1ccncc1. The summed E-state index contributed by atoms with van der Waals surface area (Å²) in [7, 11) is 0. The van der Waals surface area contributed by atoms with Crippen molar-refractivity contribution in [3.05, 3.63) is 64.9 Å². The standard InChI is InChI=1S/C13H9BrClNO/c14-12(9-5-7-16-8-6-9)13(17)10-3-1-2-4-11(10)15/h1-8,12H. The summed E-state index contributed by atoms with van der Waals surface area (Å²) in [5.74, 6) is -0.0539. The van der Waals surface area contributed by atoms with Crippen LogP contribution in [0.15, 0.2) is 48.8 Å². The lowest BCUT2D eigenvalue weighted by Gasteiger charge is -2.09. The van der Waals surface area contributed by atoms with Gasteiger partial charge in [0, 0.05) is 18.0 Å². The van der Waals surface area contributed by atoms with Crippen LogP contribution in [0.1, 0.15) is 20.7 Å². The second kappa shape index (κ2) is 5.43. The largest absolute Gasteiger partial charge is 0.292 e. The summed E-state index contributed by atoms with van der Waals surface area (Å²) in [5.41, 5.74) is 1.39. The second-order valence-electron chi connectivity index (χ2n) is 3.49. The molecule has 17 heavy (non-hydrogen) atoms. The van der Waals surface area contributed by atoms with Crippen LogP contribution in [0.2, 0.25) is 5.02 Å². The number of aromatic nitrogens is 1. The van der Waals surface area contributed by atoms with Crippen LogP contribution in [-0.4, -0.2) is 10.8 Å². The van der Waals surface area contributed by atoms with Gasteiger partial charge in [0.2, 0.25) is 0 Å². The molecule has 0 saturated heterocycles. The number of Topliss-reactive ketones (excluding diaryl/α,β-unsaturated/α-hetero) is 1. The van der Waals surface area contributed by atoms with Crippen molar-refractivity contribution >= 4 is 33.3 Å². The number of carbonyl (C=O) groups excluding carboxylic acids is 1. The number of alkyl halides is 1. The molecule has 2 aromatic rings. The summed E-state index contributed by atoms with van der Waals surface area (Å²) in [5, 5.41) is 0.469. The molecule has 0 fully saturated rings. The number of nitrogens with zero attached hydrogens (tertiary/aromatic N) is 1. The summed E-state index contributed by atoms with van der Waals surface area (Å²) in [6.07, 6.45) is 3.31. The topological polar surface area (TPSA) is 30.0 Å². The minimum absolute atomic E-state index is 0.0539. The summed E-state index contributed by atoms with van der Waals surface area (Å²) in [6.45, 7) is 0. The van der Waals surface area contributed by atoms with E-state index in [0.717, 1.165) is 5.56 Å². The first kappa shape index (κ1) is 12.3. The van der Waals surface area contributed by atoms with Gasteiger partial charge in [-0.25, -0.2) is 0 Å². The van der Waals surface area contributed by atoms with E-state index < -0.39 is 4.83 Å². The molecule has 4 heteroatoms. The van der Waals surface area contributed by atoms with Crippen LogP contribution in [0.3, 0.4) is 0 Å². The number of benzene rings is 1. The van der Waals surface area contributed by atoms with Crippen molar-refractivity contribution in [3.63, 3.8) is 0 Å². The lowest BCUT2D eigenvalue weighted by Crippen LogP contribution is -2.07. The third-order valence-electron chi connectivity index (χ3n) is 2.37. The predicted molar refractivity (Wildman–Crippen MR) is 71.7 cm³/mol. The van der Waals surface area contributed by atoms with Gasteiger partial charge in [-0.15, -0.1) is 0 Å². The Hall–Kier alpha value is -1.19. The summed E-state index contributed by atoms with van der Waals surface area (Å²) in [6, 6.07) is 10.6. The average Bonchev–Trinajstić information content (AvgIpc) is 2.39. The zero-order valence-corrected chi connectivity index (χ0v) is 11.1. The summed E-state index contributed by atoms with van der Waals surface area (Å²) in [4.78, 5) is 15.7. The fourth-order valence-corrected chi connectivity index (χ4v) is 2.26. The molecule has 1 aromatic heterocycles. The van der Waals surface area contributed by atoms with Gasteiger partial charge in [-0.3, -0.25) is 9.78 Å². The van der Waals surface area contributed by atoms with E-state index in [-0.39, 0.29) is 5.78 Å². The monoisotopic (exact) mass is 309 g/mol. The number of hydrogen-bond acceptors (Lipinski definition) is 2. The molecule has 1 atom stereocenters. The van der Waals surface area contributed by atoms with Gasteiger partial charge in [-0.1, -0.05) is 39.7 Å². The zero-order chi connectivity index (χ0) is 12.3. The van der Waals surface area contributed by atoms with E-state index in [2.05, 4.69) is 20.9 Å². The molecular weight excluding hydrogens is 302 g/mol. The van der Waals surface area contributed by atoms with E-state index in [1.807, 2.05) is 0 Å². The van der Waals surface area contributed by atoms with E-state index in [9.17, 15) is 4.79 Å². The van der Waals surface area contributed by atoms with Crippen LogP contribution >= 0.6 is 27.5 Å². The number of ketones is 1. The van der Waals surface area contributed by atoms with Crippen LogP contribution in [0.25, 0.3) is 0 Å². The van der Waals surface area contributed by atoms with Gasteiger partial charge in [0.25, 0.3) is 0 Å². The normalized spacial score (nSPS) is 12.1. The average molecular weight is 311 g/mol. The van der Waals surface area contributed by atoms with Crippen LogP contribution < -0.4 is 0 Å². The van der Waals surface area contributed by atoms with Crippen LogP contribution in [-0.2, 0) is 0 Å². The molecule has 2 nitrogen and oxygen atoms in total. The van der Waals surface area contributed by atoms with Gasteiger partial charge >= 0.3 is 0 Å². The number of carbonyl (C=O) groups is 1. The molecule has 0 spiro atoms. The molecule has 0 bridgehead atoms. The molecule has 0 radical (unpaired) electrons. The molecule has 0 aliphatic heterocycles. The highest BCUT2D eigenvalue weighted by molar-refractivity contribution is 9.09. The highest BCUT2D eigenvalue weighted by atomic mass is 79.9. The first-order valence-electron chi connectivity index (χ1n) is 5.03. The molecule has 0 aliphatic rings. The Bertz CT molecular complexity index is 530. The van der Waals surface area contributed by atoms with E-state index >= 15 is 0 Å². The first-order valence-corrected chi connectivity index (χ1v) is 6.32. The molecule has 0 amide bonds. The van der Waals surface area contributed by atoms with E-state index in [1.54, 1.807) is 48.8 Å². The van der Waals surface area contributed by atoms with Crippen molar-refractivity contribution in [2.75, 3.05) is 0 Å². The summed E-state index contributed by atoms with van der Waals surface area (Å²) < 4.78 is 0. The van der Waals surface area contributed by atoms with Gasteiger partial charge < -0.3 is 0 Å². The maximum Gasteiger partial charge on any atom is 0.182 e. The lowest BCUT2D eigenvalue weighted by atomic mass is 10.0. The molecule has 2 rings (SSSR count). The van der Waals surface area contributed by atoms with Gasteiger partial charge in [-0.2, -0.15) is 0 Å². The smallest absolute Gasteiger partial charge is 0.182 e. The van der Waals surface area contributed by atoms with Crippen LogP contribution in [0.5, 0.6) is 0 Å². The van der Waals surface area contributed by atoms with Crippen molar-refractivity contribution in [1.29, 1.82) is 0 Å². The Morgan fingerprint density at radius 1 is 1.18 bits per heavy atom. The van der Waals surface area contributed by atoms with Crippen molar-refractivity contribution in [2.24, 2.45) is 0 Å². The van der Waals surface area contributed by atoms with Crippen molar-refractivity contribution in [1.82, 2.24) is 4.98 Å². The van der Waals surface area contributed by atoms with Gasteiger partial charge in [0.15, 0.2) is 5.78 Å². The quantitative estimate of drug-likeness (QED) is 0.632. The molecule has 1 aromatic carbocycles. The van der Waals surface area contributed by atoms with E-state index in [1.165, 1.54) is 0 Å². The van der Waals surface area contributed by atoms with Crippen molar-refractivity contribution in [3.8, 4) is 0 Å². The first-order chi connectivity index (χ1) is 8.20. The molecule has 0 saturated carbocycles. The van der Waals surface area contributed by atoms with Gasteiger partial charge in [-0.05, 0) is 29.8 Å². The number of halogens is 2. The highest BCUT2D eigenvalue weighted by Crippen LogP contribution is 2.29. The zero-order valence-electron chi connectivity index (χ0n) is 8.81. The Kier molecular flexibility index (Phi) is 3.92. The Labute approximate surface area is 113 Å². The Morgan fingerprint density at radius 3 is 2.47 bits per heavy atom. The maximum atomic E-state index is 12.2. The van der Waals surface area contributed by atoms with E-state index in [4.69, 9.17) is 11.6 Å². The van der Waals surface area contributed by atoms with Crippen LogP contribution in [0.4, 0.5) is 0 Å². The molecular formula is C13H9BrClNO. The Morgan fingerprint density at radius 2 is 1.82 bits per heavy atom. The molecule has 0 N–H and O–H groups in total. The van der Waals surface area contributed by atoms with E-state index in [0.29, 0.717) is 10.6 Å². The highest BCUT2D eigenvalue weighted by Gasteiger charge is 2.20. The third-order valence-corrected chi connectivity index (χ3v) is 3.64. The fraction of sp³-hybridized carbons (Fsp3) is 0.0769. The minimum Gasteiger partial charge on any atom is -0.292 e. The van der Waals surface area contributed by atoms with Crippen molar-refractivity contribution < 1.29 is 4.79 Å². The minimum atomic E-state index is -0.398.